The molecule has 1 atom stereocenters. The second-order valence-electron chi connectivity index (χ2n) is 5.41. The zero-order valence-electron chi connectivity index (χ0n) is 10.9. The first-order chi connectivity index (χ1) is 8.22. The summed E-state index contributed by atoms with van der Waals surface area (Å²) in [6.45, 7) is 5.52. The number of benzene rings is 1. The number of rotatable bonds is 4. The fourth-order valence-electron chi connectivity index (χ4n) is 2.94. The van der Waals surface area contributed by atoms with Gasteiger partial charge in [-0.25, -0.2) is 0 Å². The van der Waals surface area contributed by atoms with Gasteiger partial charge in [-0.05, 0) is 31.4 Å². The first-order valence-electron chi connectivity index (χ1n) is 6.77. The van der Waals surface area contributed by atoms with Crippen LogP contribution in [-0.2, 0) is 6.54 Å². The topological polar surface area (TPSA) is 29.3 Å². The standard InChI is InChI=1S/C15H24N2/c1-2-9-15(16)10-6-11-17(13-15)12-14-7-4-3-5-8-14/h3-5,7-8H,2,6,9-13,16H2,1H3/t15-/m0/s1. The fraction of sp³-hybridized carbons (Fsp3) is 0.600. The highest BCUT2D eigenvalue weighted by Gasteiger charge is 2.30. The van der Waals surface area contributed by atoms with E-state index in [0.29, 0.717) is 0 Å². The zero-order chi connectivity index (χ0) is 12.1. The van der Waals surface area contributed by atoms with Crippen LogP contribution in [0.15, 0.2) is 30.3 Å². The number of nitrogens with zero attached hydrogens (tertiary/aromatic N) is 1. The molecule has 94 valence electrons. The minimum absolute atomic E-state index is 0.0573. The van der Waals surface area contributed by atoms with Crippen molar-refractivity contribution in [3.63, 3.8) is 0 Å². The molecule has 1 aliphatic rings. The molecule has 0 aromatic heterocycles. The predicted octanol–water partition coefficient (Wildman–Crippen LogP) is 2.78. The summed E-state index contributed by atoms with van der Waals surface area (Å²) in [5, 5.41) is 0. The van der Waals surface area contributed by atoms with Crippen LogP contribution in [0.2, 0.25) is 0 Å². The zero-order valence-corrected chi connectivity index (χ0v) is 10.9. The number of piperidine rings is 1. The molecule has 2 rings (SSSR count). The average molecular weight is 232 g/mol. The molecule has 0 radical (unpaired) electrons. The molecule has 2 N–H and O–H groups in total. The van der Waals surface area contributed by atoms with Gasteiger partial charge in [-0.2, -0.15) is 0 Å². The molecular weight excluding hydrogens is 208 g/mol. The van der Waals surface area contributed by atoms with Gasteiger partial charge in [0, 0.05) is 18.6 Å². The van der Waals surface area contributed by atoms with Crippen molar-refractivity contribution in [1.29, 1.82) is 0 Å². The molecule has 1 fully saturated rings. The molecule has 0 unspecified atom stereocenters. The van der Waals surface area contributed by atoms with Crippen LogP contribution in [0.5, 0.6) is 0 Å². The van der Waals surface area contributed by atoms with E-state index in [1.807, 2.05) is 0 Å². The lowest BCUT2D eigenvalue weighted by Crippen LogP contribution is -2.53. The number of nitrogens with two attached hydrogens (primary N) is 1. The van der Waals surface area contributed by atoms with Crippen molar-refractivity contribution in [2.24, 2.45) is 5.73 Å². The Morgan fingerprint density at radius 1 is 1.29 bits per heavy atom. The van der Waals surface area contributed by atoms with Crippen molar-refractivity contribution in [3.8, 4) is 0 Å². The van der Waals surface area contributed by atoms with Crippen molar-refractivity contribution >= 4 is 0 Å². The van der Waals surface area contributed by atoms with Crippen LogP contribution in [0.4, 0.5) is 0 Å². The number of hydrogen-bond donors (Lipinski definition) is 1. The second kappa shape index (κ2) is 5.65. The molecule has 1 saturated heterocycles. The van der Waals surface area contributed by atoms with Gasteiger partial charge in [0.2, 0.25) is 0 Å². The van der Waals surface area contributed by atoms with Crippen LogP contribution >= 0.6 is 0 Å². The van der Waals surface area contributed by atoms with E-state index < -0.39 is 0 Å². The Labute approximate surface area is 105 Å². The summed E-state index contributed by atoms with van der Waals surface area (Å²) < 4.78 is 0. The van der Waals surface area contributed by atoms with Crippen molar-refractivity contribution in [1.82, 2.24) is 4.90 Å². The Bertz CT molecular complexity index is 332. The third-order valence-corrected chi connectivity index (χ3v) is 3.68. The Hall–Kier alpha value is -0.860. The lowest BCUT2D eigenvalue weighted by molar-refractivity contribution is 0.136. The van der Waals surface area contributed by atoms with Crippen molar-refractivity contribution < 1.29 is 0 Å². The molecule has 0 aliphatic carbocycles. The first kappa shape index (κ1) is 12.6. The van der Waals surface area contributed by atoms with Crippen LogP contribution in [0.1, 0.15) is 38.2 Å². The van der Waals surface area contributed by atoms with Gasteiger partial charge >= 0.3 is 0 Å². The number of likely N-dealkylation sites (tertiary alicyclic amines) is 1. The SMILES string of the molecule is CCC[C@]1(N)CCCN(Cc2ccccc2)C1. The molecule has 2 heteroatoms. The molecule has 17 heavy (non-hydrogen) atoms. The van der Waals surface area contributed by atoms with Crippen LogP contribution < -0.4 is 5.73 Å². The monoisotopic (exact) mass is 232 g/mol. The molecule has 0 bridgehead atoms. The van der Waals surface area contributed by atoms with Gasteiger partial charge in [0.05, 0.1) is 0 Å². The van der Waals surface area contributed by atoms with E-state index in [1.54, 1.807) is 0 Å². The smallest absolute Gasteiger partial charge is 0.0283 e. The van der Waals surface area contributed by atoms with Gasteiger partial charge in [0.1, 0.15) is 0 Å². The van der Waals surface area contributed by atoms with E-state index >= 15 is 0 Å². The minimum Gasteiger partial charge on any atom is -0.324 e. The summed E-state index contributed by atoms with van der Waals surface area (Å²) in [7, 11) is 0. The quantitative estimate of drug-likeness (QED) is 0.865. The third kappa shape index (κ3) is 3.55. The molecule has 1 aliphatic heterocycles. The van der Waals surface area contributed by atoms with Crippen molar-refractivity contribution in [2.45, 2.75) is 44.7 Å². The van der Waals surface area contributed by atoms with Crippen molar-refractivity contribution in [3.05, 3.63) is 35.9 Å². The van der Waals surface area contributed by atoms with Gasteiger partial charge in [0.15, 0.2) is 0 Å². The summed E-state index contributed by atoms with van der Waals surface area (Å²) in [5.74, 6) is 0. The van der Waals surface area contributed by atoms with E-state index in [-0.39, 0.29) is 5.54 Å². The number of hydrogen-bond acceptors (Lipinski definition) is 2. The van der Waals surface area contributed by atoms with Crippen LogP contribution in [-0.4, -0.2) is 23.5 Å². The van der Waals surface area contributed by atoms with Gasteiger partial charge in [-0.3, -0.25) is 4.90 Å². The second-order valence-corrected chi connectivity index (χ2v) is 5.41. The molecule has 0 amide bonds. The summed E-state index contributed by atoms with van der Waals surface area (Å²) in [6, 6.07) is 10.7. The lowest BCUT2D eigenvalue weighted by atomic mass is 9.86. The van der Waals surface area contributed by atoms with Crippen molar-refractivity contribution in [2.75, 3.05) is 13.1 Å². The maximum absolute atomic E-state index is 6.47. The summed E-state index contributed by atoms with van der Waals surface area (Å²) in [4.78, 5) is 2.51. The van der Waals surface area contributed by atoms with Crippen LogP contribution in [0, 0.1) is 0 Å². The van der Waals surface area contributed by atoms with Crippen LogP contribution in [0.25, 0.3) is 0 Å². The summed E-state index contributed by atoms with van der Waals surface area (Å²) >= 11 is 0. The Morgan fingerprint density at radius 3 is 2.76 bits per heavy atom. The third-order valence-electron chi connectivity index (χ3n) is 3.68. The van der Waals surface area contributed by atoms with Crippen LogP contribution in [0.3, 0.4) is 0 Å². The van der Waals surface area contributed by atoms with Gasteiger partial charge in [0.25, 0.3) is 0 Å². The Balaban J connectivity index is 1.94. The summed E-state index contributed by atoms with van der Waals surface area (Å²) in [5.41, 5.74) is 7.93. The highest BCUT2D eigenvalue weighted by atomic mass is 15.2. The Morgan fingerprint density at radius 2 is 2.06 bits per heavy atom. The van der Waals surface area contributed by atoms with Gasteiger partial charge in [-0.15, -0.1) is 0 Å². The van der Waals surface area contributed by atoms with Gasteiger partial charge in [-0.1, -0.05) is 43.7 Å². The summed E-state index contributed by atoms with van der Waals surface area (Å²) in [6.07, 6.45) is 4.77. The molecule has 1 aromatic rings. The van der Waals surface area contributed by atoms with E-state index in [0.717, 1.165) is 19.5 Å². The molecule has 2 nitrogen and oxygen atoms in total. The van der Waals surface area contributed by atoms with E-state index in [1.165, 1.54) is 31.4 Å². The molecule has 0 saturated carbocycles. The average Bonchev–Trinajstić information content (AvgIpc) is 2.30. The van der Waals surface area contributed by atoms with E-state index in [4.69, 9.17) is 5.73 Å². The van der Waals surface area contributed by atoms with E-state index in [2.05, 4.69) is 42.2 Å². The largest absolute Gasteiger partial charge is 0.324 e. The molecular formula is C15H24N2. The van der Waals surface area contributed by atoms with Gasteiger partial charge < -0.3 is 5.73 Å². The first-order valence-corrected chi connectivity index (χ1v) is 6.77. The lowest BCUT2D eigenvalue weighted by Gasteiger charge is -2.40. The molecule has 1 aromatic carbocycles. The molecule has 1 heterocycles. The molecule has 0 spiro atoms. The maximum atomic E-state index is 6.47. The predicted molar refractivity (Wildman–Crippen MR) is 72.8 cm³/mol. The normalized spacial score (nSPS) is 26.0. The highest BCUT2D eigenvalue weighted by molar-refractivity contribution is 5.14. The van der Waals surface area contributed by atoms with E-state index in [9.17, 15) is 0 Å². The maximum Gasteiger partial charge on any atom is 0.0283 e. The highest BCUT2D eigenvalue weighted by Crippen LogP contribution is 2.24. The minimum atomic E-state index is 0.0573. The Kier molecular flexibility index (Phi) is 4.19. The fourth-order valence-corrected chi connectivity index (χ4v) is 2.94.